The van der Waals surface area contributed by atoms with E-state index in [4.69, 9.17) is 0 Å². The molecule has 23 heavy (non-hydrogen) atoms. The largest absolute Gasteiger partial charge is 0.414 e. The van der Waals surface area contributed by atoms with Crippen molar-refractivity contribution in [1.29, 1.82) is 0 Å². The van der Waals surface area contributed by atoms with Crippen molar-refractivity contribution in [2.24, 2.45) is 5.92 Å². The van der Waals surface area contributed by atoms with Crippen LogP contribution in [0.25, 0.3) is 0 Å². The summed E-state index contributed by atoms with van der Waals surface area (Å²) in [6.45, 7) is 4.17. The van der Waals surface area contributed by atoms with Crippen LogP contribution < -0.4 is 5.32 Å². The maximum absolute atomic E-state index is 12.5. The summed E-state index contributed by atoms with van der Waals surface area (Å²) in [6, 6.07) is 5.34. The van der Waals surface area contributed by atoms with Gasteiger partial charge in [0, 0.05) is 18.8 Å². The molecule has 1 unspecified atom stereocenters. The number of amides is 2. The summed E-state index contributed by atoms with van der Waals surface area (Å²) in [5.74, 6) is -0.848. The Bertz CT molecular complexity index is 547. The molecule has 1 aliphatic rings. The fourth-order valence-corrected chi connectivity index (χ4v) is 2.88. The lowest BCUT2D eigenvalue weighted by Crippen LogP contribution is -2.46. The number of likely N-dealkylation sites (tertiary alicyclic amines) is 1. The zero-order valence-electron chi connectivity index (χ0n) is 13.2. The number of carbonyl (C=O) groups excluding carboxylic acids is 1. The quantitative estimate of drug-likeness (QED) is 0.872. The smallest absolute Gasteiger partial charge is 0.383 e. The number of nitrogens with zero attached hydrogens (tertiary/aromatic N) is 1. The molecule has 128 valence electrons. The summed E-state index contributed by atoms with van der Waals surface area (Å²) in [6.07, 6.45) is -6.64. The van der Waals surface area contributed by atoms with Crippen LogP contribution in [0.1, 0.15) is 24.0 Å². The Hall–Kier alpha value is -1.76. The van der Waals surface area contributed by atoms with E-state index in [9.17, 15) is 23.1 Å². The first-order valence-electron chi connectivity index (χ1n) is 7.57. The van der Waals surface area contributed by atoms with Crippen molar-refractivity contribution < 1.29 is 23.1 Å². The summed E-state index contributed by atoms with van der Waals surface area (Å²) >= 11 is 0. The molecule has 0 saturated carbocycles. The van der Waals surface area contributed by atoms with E-state index in [0.717, 1.165) is 16.8 Å². The number of benzene rings is 1. The Kier molecular flexibility index (Phi) is 5.19. The maximum Gasteiger partial charge on any atom is 0.414 e. The first-order valence-corrected chi connectivity index (χ1v) is 7.57. The van der Waals surface area contributed by atoms with Gasteiger partial charge in [-0.25, -0.2) is 4.79 Å². The molecule has 1 atom stereocenters. The highest BCUT2D eigenvalue weighted by Crippen LogP contribution is 2.31. The van der Waals surface area contributed by atoms with Gasteiger partial charge in [0.25, 0.3) is 0 Å². The van der Waals surface area contributed by atoms with Gasteiger partial charge < -0.3 is 15.3 Å². The van der Waals surface area contributed by atoms with E-state index in [1.54, 1.807) is 0 Å². The fourth-order valence-electron chi connectivity index (χ4n) is 2.88. The molecule has 0 spiro atoms. The molecule has 2 rings (SSSR count). The van der Waals surface area contributed by atoms with Crippen molar-refractivity contribution >= 4 is 11.7 Å². The first-order chi connectivity index (χ1) is 10.7. The third-order valence-corrected chi connectivity index (χ3v) is 4.32. The molecule has 0 bridgehead atoms. The molecule has 1 fully saturated rings. The number of anilines is 1. The number of alkyl halides is 3. The normalized spacial score (nSPS) is 17.9. The van der Waals surface area contributed by atoms with Gasteiger partial charge >= 0.3 is 12.2 Å². The lowest BCUT2D eigenvalue weighted by Gasteiger charge is -2.34. The van der Waals surface area contributed by atoms with Gasteiger partial charge in [-0.3, -0.25) is 0 Å². The summed E-state index contributed by atoms with van der Waals surface area (Å²) in [5, 5.41) is 12.1. The second-order valence-electron chi connectivity index (χ2n) is 6.01. The van der Waals surface area contributed by atoms with Crippen LogP contribution in [-0.2, 0) is 0 Å². The molecule has 1 aliphatic heterocycles. The molecular weight excluding hydrogens is 309 g/mol. The zero-order chi connectivity index (χ0) is 17.2. The number of hydrogen-bond acceptors (Lipinski definition) is 2. The minimum atomic E-state index is -4.60. The average molecular weight is 330 g/mol. The van der Waals surface area contributed by atoms with Gasteiger partial charge in [0.05, 0.1) is 0 Å². The van der Waals surface area contributed by atoms with Crippen LogP contribution >= 0.6 is 0 Å². The topological polar surface area (TPSA) is 52.6 Å². The molecule has 7 heteroatoms. The van der Waals surface area contributed by atoms with Crippen molar-refractivity contribution in [3.63, 3.8) is 0 Å². The van der Waals surface area contributed by atoms with Gasteiger partial charge in [0.2, 0.25) is 0 Å². The van der Waals surface area contributed by atoms with Crippen molar-refractivity contribution in [2.45, 2.75) is 39.0 Å². The number of aliphatic hydroxyl groups excluding tert-OH is 1. The number of rotatable bonds is 2. The molecule has 0 aliphatic carbocycles. The maximum atomic E-state index is 12.5. The van der Waals surface area contributed by atoms with E-state index < -0.39 is 18.2 Å². The fraction of sp³-hybridized carbons (Fsp3) is 0.562. The highest BCUT2D eigenvalue weighted by atomic mass is 19.4. The van der Waals surface area contributed by atoms with E-state index in [1.165, 1.54) is 4.90 Å². The molecule has 1 aromatic rings. The number of halogens is 3. The number of hydrogen-bond donors (Lipinski definition) is 2. The lowest BCUT2D eigenvalue weighted by atomic mass is 9.91. The van der Waals surface area contributed by atoms with Crippen LogP contribution in [0.3, 0.4) is 0 Å². The SMILES string of the molecule is Cc1cccc(C)c1NC(=O)N1CCC(C(O)C(F)(F)F)CC1. The molecule has 0 aromatic heterocycles. The molecule has 4 nitrogen and oxygen atoms in total. The number of nitrogens with one attached hydrogen (secondary N) is 1. The van der Waals surface area contributed by atoms with E-state index in [-0.39, 0.29) is 32.0 Å². The Labute approximate surface area is 133 Å². The Balaban J connectivity index is 1.94. The number of carbonyl (C=O) groups is 1. The second-order valence-corrected chi connectivity index (χ2v) is 6.01. The van der Waals surface area contributed by atoms with Gasteiger partial charge in [-0.2, -0.15) is 13.2 Å². The summed E-state index contributed by atoms with van der Waals surface area (Å²) < 4.78 is 37.6. The summed E-state index contributed by atoms with van der Waals surface area (Å²) in [4.78, 5) is 13.8. The van der Waals surface area contributed by atoms with E-state index in [0.29, 0.717) is 0 Å². The third-order valence-electron chi connectivity index (χ3n) is 4.32. The second kappa shape index (κ2) is 6.78. The van der Waals surface area contributed by atoms with Gasteiger partial charge in [-0.05, 0) is 43.7 Å². The van der Waals surface area contributed by atoms with Crippen LogP contribution in [0.2, 0.25) is 0 Å². The molecule has 1 saturated heterocycles. The summed E-state index contributed by atoms with van der Waals surface area (Å²) in [5.41, 5.74) is 2.59. The minimum Gasteiger partial charge on any atom is -0.383 e. The van der Waals surface area contributed by atoms with Crippen molar-refractivity contribution in [1.82, 2.24) is 4.90 Å². The number of piperidine rings is 1. The van der Waals surface area contributed by atoms with Gasteiger partial charge in [0.15, 0.2) is 6.10 Å². The van der Waals surface area contributed by atoms with Gasteiger partial charge in [0.1, 0.15) is 0 Å². The lowest BCUT2D eigenvalue weighted by molar-refractivity contribution is -0.222. The number of aryl methyl sites for hydroxylation is 2. The van der Waals surface area contributed by atoms with E-state index in [1.807, 2.05) is 32.0 Å². The predicted octanol–water partition coefficient (Wildman–Crippen LogP) is 3.47. The molecule has 0 radical (unpaired) electrons. The highest BCUT2D eigenvalue weighted by molar-refractivity contribution is 5.91. The van der Waals surface area contributed by atoms with Crippen molar-refractivity contribution in [3.8, 4) is 0 Å². The van der Waals surface area contributed by atoms with E-state index >= 15 is 0 Å². The number of urea groups is 1. The minimum absolute atomic E-state index is 0.140. The Morgan fingerprint density at radius 1 is 1.26 bits per heavy atom. The van der Waals surface area contributed by atoms with Gasteiger partial charge in [-0.1, -0.05) is 18.2 Å². The first kappa shape index (κ1) is 17.6. The molecular formula is C16H21F3N2O2. The predicted molar refractivity (Wildman–Crippen MR) is 81.3 cm³/mol. The van der Waals surface area contributed by atoms with Crippen LogP contribution in [0, 0.1) is 19.8 Å². The van der Waals surface area contributed by atoms with Crippen LogP contribution in [0.15, 0.2) is 18.2 Å². The third kappa shape index (κ3) is 4.16. The van der Waals surface area contributed by atoms with Crippen LogP contribution in [0.5, 0.6) is 0 Å². The van der Waals surface area contributed by atoms with Crippen molar-refractivity contribution in [2.75, 3.05) is 18.4 Å². The molecule has 1 aromatic carbocycles. The molecule has 2 amide bonds. The molecule has 2 N–H and O–H groups in total. The number of aliphatic hydroxyl groups is 1. The molecule has 1 heterocycles. The van der Waals surface area contributed by atoms with E-state index in [2.05, 4.69) is 5.32 Å². The summed E-state index contributed by atoms with van der Waals surface area (Å²) in [7, 11) is 0. The number of para-hydroxylation sites is 1. The zero-order valence-corrected chi connectivity index (χ0v) is 13.2. The van der Waals surface area contributed by atoms with Crippen LogP contribution in [-0.4, -0.2) is 41.4 Å². The van der Waals surface area contributed by atoms with Crippen molar-refractivity contribution in [3.05, 3.63) is 29.3 Å². The van der Waals surface area contributed by atoms with Gasteiger partial charge in [-0.15, -0.1) is 0 Å². The standard InChI is InChI=1S/C16H21F3N2O2/c1-10-4-3-5-11(2)13(10)20-15(23)21-8-6-12(7-9-21)14(22)16(17,18)19/h3-5,12,14,22H,6-9H2,1-2H3,(H,20,23). The average Bonchev–Trinajstić information content (AvgIpc) is 2.49. The monoisotopic (exact) mass is 330 g/mol. The Morgan fingerprint density at radius 3 is 2.26 bits per heavy atom. The highest BCUT2D eigenvalue weighted by Gasteiger charge is 2.44. The Morgan fingerprint density at radius 2 is 1.78 bits per heavy atom. The van der Waals surface area contributed by atoms with Crippen LogP contribution in [0.4, 0.5) is 23.7 Å².